The summed E-state index contributed by atoms with van der Waals surface area (Å²) in [5.74, 6) is 3.00. The minimum atomic E-state index is -0.871. The summed E-state index contributed by atoms with van der Waals surface area (Å²) in [5.41, 5.74) is 10.4. The van der Waals surface area contributed by atoms with Gasteiger partial charge >= 0.3 is 11.9 Å². The molecule has 304 valence electrons. The summed E-state index contributed by atoms with van der Waals surface area (Å²) in [6.45, 7) is 17.6. The maximum atomic E-state index is 13.0. The highest BCUT2D eigenvalue weighted by atomic mass is 16.6. The fourth-order valence-corrected chi connectivity index (χ4v) is 8.18. The zero-order valence-corrected chi connectivity index (χ0v) is 34.5. The molecule has 2 aliphatic heterocycles. The number of rotatable bonds is 19. The van der Waals surface area contributed by atoms with Gasteiger partial charge in [-0.1, -0.05) is 72.6 Å². The van der Waals surface area contributed by atoms with E-state index in [1.54, 1.807) is 4.57 Å². The molecule has 0 aliphatic carbocycles. The lowest BCUT2D eigenvalue weighted by atomic mass is 9.83. The standard InChI is InChI=1S/C43H65N5O7/c1-26(2)12-9-13-27(3)14-10-15-28(4)16-11-20-43(8)21-19-33-31(7)38(29(5)30(6)39(33)55-43)54-36(51)18-17-35(50)52-23-32-22-34(49)42(53-32)48-25-47-37-40(44)45-24-46-41(37)48/h24-28,32,34,42,49H,9-23H2,1-8H3,(H2,44,45,46)/t27?,28?,32-,34+,42+,43?/m0/s1. The molecule has 2 aromatic heterocycles. The summed E-state index contributed by atoms with van der Waals surface area (Å²) < 4.78 is 25.7. The SMILES string of the molecule is Cc1c(C)c2c(c(C)c1OC(=O)CCC(=O)OC[C@@H]1C[C@@H](O)[C@H](n3cnc4c(N)ncnc43)O1)CCC(C)(CCCC(C)CCCC(C)CCCC(C)C)O2. The Hall–Kier alpha value is -3.77. The number of imidazole rings is 1. The summed E-state index contributed by atoms with van der Waals surface area (Å²) >= 11 is 0. The van der Waals surface area contributed by atoms with Crippen LogP contribution in [0.4, 0.5) is 5.82 Å². The highest BCUT2D eigenvalue weighted by Crippen LogP contribution is 2.45. The first-order valence-corrected chi connectivity index (χ1v) is 20.6. The van der Waals surface area contributed by atoms with Crippen LogP contribution in [0.3, 0.4) is 0 Å². The number of aromatic nitrogens is 4. The van der Waals surface area contributed by atoms with Gasteiger partial charge in [-0.3, -0.25) is 14.2 Å². The van der Waals surface area contributed by atoms with E-state index >= 15 is 0 Å². The summed E-state index contributed by atoms with van der Waals surface area (Å²) in [6, 6.07) is 0. The molecule has 1 saturated heterocycles. The number of ether oxygens (including phenoxy) is 4. The van der Waals surface area contributed by atoms with Crippen LogP contribution in [0.2, 0.25) is 0 Å². The first-order chi connectivity index (χ1) is 26.2. The number of benzene rings is 1. The smallest absolute Gasteiger partial charge is 0.311 e. The van der Waals surface area contributed by atoms with E-state index in [0.29, 0.717) is 16.9 Å². The second-order valence-electron chi connectivity index (χ2n) is 17.1. The van der Waals surface area contributed by atoms with Gasteiger partial charge in [0.05, 0.1) is 25.3 Å². The number of carbonyl (C=O) groups is 2. The number of esters is 2. The molecule has 6 atom stereocenters. The number of anilines is 1. The Bertz CT molecular complexity index is 1780. The highest BCUT2D eigenvalue weighted by molar-refractivity contribution is 5.81. The summed E-state index contributed by atoms with van der Waals surface area (Å²) in [6.07, 6.45) is 13.8. The molecule has 12 nitrogen and oxygen atoms in total. The number of hydrogen-bond acceptors (Lipinski definition) is 11. The van der Waals surface area contributed by atoms with Crippen LogP contribution in [0, 0.1) is 38.5 Å². The van der Waals surface area contributed by atoms with Crippen molar-refractivity contribution >= 4 is 28.9 Å². The molecule has 0 spiro atoms. The van der Waals surface area contributed by atoms with Crippen molar-refractivity contribution < 1.29 is 33.6 Å². The van der Waals surface area contributed by atoms with Gasteiger partial charge < -0.3 is 29.8 Å². The van der Waals surface area contributed by atoms with Crippen LogP contribution in [-0.2, 0) is 25.5 Å². The van der Waals surface area contributed by atoms with Gasteiger partial charge in [-0.15, -0.1) is 0 Å². The molecule has 0 bridgehead atoms. The van der Waals surface area contributed by atoms with Crippen molar-refractivity contribution in [3.63, 3.8) is 0 Å². The Morgan fingerprint density at radius 1 is 0.945 bits per heavy atom. The number of aliphatic hydroxyl groups excluding tert-OH is 1. The molecule has 3 aromatic rings. The van der Waals surface area contributed by atoms with Crippen LogP contribution in [0.15, 0.2) is 12.7 Å². The predicted molar refractivity (Wildman–Crippen MR) is 213 cm³/mol. The van der Waals surface area contributed by atoms with Gasteiger partial charge in [0.15, 0.2) is 17.7 Å². The molecule has 5 rings (SSSR count). The number of hydrogen-bond donors (Lipinski definition) is 2. The van der Waals surface area contributed by atoms with Crippen LogP contribution >= 0.6 is 0 Å². The van der Waals surface area contributed by atoms with Gasteiger partial charge in [0, 0.05) is 12.0 Å². The molecular weight excluding hydrogens is 699 g/mol. The molecule has 0 saturated carbocycles. The lowest BCUT2D eigenvalue weighted by molar-refractivity contribution is -0.151. The summed E-state index contributed by atoms with van der Waals surface area (Å²) in [7, 11) is 0. The fraction of sp³-hybridized carbons (Fsp3) is 0.698. The molecule has 55 heavy (non-hydrogen) atoms. The summed E-state index contributed by atoms with van der Waals surface area (Å²) in [4.78, 5) is 38.0. The number of fused-ring (bicyclic) bond motifs is 2. The van der Waals surface area contributed by atoms with Gasteiger partial charge in [-0.2, -0.15) is 0 Å². The van der Waals surface area contributed by atoms with E-state index < -0.39 is 30.4 Å². The van der Waals surface area contributed by atoms with Gasteiger partial charge in [-0.05, 0) is 87.8 Å². The number of nitrogen functional groups attached to an aromatic ring is 1. The zero-order valence-electron chi connectivity index (χ0n) is 34.5. The molecule has 1 aromatic carbocycles. The molecular formula is C43H65N5O7. The van der Waals surface area contributed by atoms with E-state index in [9.17, 15) is 14.7 Å². The average Bonchev–Trinajstić information content (AvgIpc) is 3.74. The van der Waals surface area contributed by atoms with Gasteiger partial charge in [0.1, 0.15) is 41.7 Å². The minimum Gasteiger partial charge on any atom is -0.487 e. The largest absolute Gasteiger partial charge is 0.487 e. The second kappa shape index (κ2) is 18.9. The van der Waals surface area contributed by atoms with Crippen molar-refractivity contribution in [3.05, 3.63) is 34.9 Å². The van der Waals surface area contributed by atoms with Crippen molar-refractivity contribution in [1.29, 1.82) is 0 Å². The monoisotopic (exact) mass is 763 g/mol. The maximum absolute atomic E-state index is 13.0. The molecule has 4 heterocycles. The van der Waals surface area contributed by atoms with Crippen LogP contribution in [0.25, 0.3) is 11.2 Å². The number of aliphatic hydroxyl groups is 1. The zero-order chi connectivity index (χ0) is 39.9. The molecule has 0 amide bonds. The number of nitrogens with two attached hydrogens (primary N) is 1. The predicted octanol–water partition coefficient (Wildman–Crippen LogP) is 8.43. The fourth-order valence-electron chi connectivity index (χ4n) is 8.18. The topological polar surface area (TPSA) is 161 Å². The van der Waals surface area contributed by atoms with Gasteiger partial charge in [0.2, 0.25) is 0 Å². The van der Waals surface area contributed by atoms with E-state index in [4.69, 9.17) is 24.7 Å². The first-order valence-electron chi connectivity index (χ1n) is 20.6. The third-order valence-corrected chi connectivity index (χ3v) is 11.8. The summed E-state index contributed by atoms with van der Waals surface area (Å²) in [5, 5.41) is 10.7. The Morgan fingerprint density at radius 3 is 2.33 bits per heavy atom. The van der Waals surface area contributed by atoms with E-state index in [2.05, 4.69) is 49.6 Å². The third-order valence-electron chi connectivity index (χ3n) is 11.8. The number of carbonyl (C=O) groups excluding carboxylic acids is 2. The second-order valence-corrected chi connectivity index (χ2v) is 17.1. The van der Waals surface area contributed by atoms with Crippen molar-refractivity contribution in [2.75, 3.05) is 12.3 Å². The van der Waals surface area contributed by atoms with Gasteiger partial charge in [-0.25, -0.2) is 15.0 Å². The van der Waals surface area contributed by atoms with Crippen LogP contribution in [0.5, 0.6) is 11.5 Å². The van der Waals surface area contributed by atoms with Crippen LogP contribution < -0.4 is 15.2 Å². The van der Waals surface area contributed by atoms with E-state index in [0.717, 1.165) is 71.4 Å². The van der Waals surface area contributed by atoms with Crippen molar-refractivity contribution in [1.82, 2.24) is 19.5 Å². The lowest BCUT2D eigenvalue weighted by Gasteiger charge is -2.38. The molecule has 1 fully saturated rings. The maximum Gasteiger partial charge on any atom is 0.311 e. The van der Waals surface area contributed by atoms with Crippen molar-refractivity contribution in [2.45, 2.75) is 169 Å². The molecule has 0 radical (unpaired) electrons. The molecule has 3 N–H and O–H groups in total. The van der Waals surface area contributed by atoms with Gasteiger partial charge in [0.25, 0.3) is 0 Å². The Kier molecular flexibility index (Phi) is 14.6. The van der Waals surface area contributed by atoms with E-state index in [-0.39, 0.29) is 37.3 Å². The van der Waals surface area contributed by atoms with Crippen LogP contribution in [-0.4, -0.2) is 61.0 Å². The van der Waals surface area contributed by atoms with E-state index in [1.165, 1.54) is 57.6 Å². The Balaban J connectivity index is 1.04. The van der Waals surface area contributed by atoms with E-state index in [1.807, 2.05) is 20.8 Å². The normalized spacial score (nSPS) is 22.0. The Morgan fingerprint density at radius 2 is 1.62 bits per heavy atom. The number of nitrogens with zero attached hydrogens (tertiary/aromatic N) is 4. The average molecular weight is 764 g/mol. The lowest BCUT2D eigenvalue weighted by Crippen LogP contribution is -2.37. The molecule has 12 heteroatoms. The molecule has 2 aliphatic rings. The van der Waals surface area contributed by atoms with Crippen molar-refractivity contribution in [3.8, 4) is 11.5 Å². The third kappa shape index (κ3) is 11.0. The first kappa shape index (κ1) is 42.4. The minimum absolute atomic E-state index is 0.0660. The van der Waals surface area contributed by atoms with Crippen LogP contribution in [0.1, 0.15) is 147 Å². The Labute approximate surface area is 327 Å². The molecule has 3 unspecified atom stereocenters. The van der Waals surface area contributed by atoms with Crippen molar-refractivity contribution in [2.24, 2.45) is 17.8 Å². The highest BCUT2D eigenvalue weighted by Gasteiger charge is 2.38. The quantitative estimate of drug-likeness (QED) is 0.0891.